The van der Waals surface area contributed by atoms with Gasteiger partial charge in [0.25, 0.3) is 11.7 Å². The molecule has 1 N–H and O–H groups in total. The van der Waals surface area contributed by atoms with Crippen LogP contribution >= 0.6 is 28.3 Å². The zero-order valence-corrected chi connectivity index (χ0v) is 13.2. The summed E-state index contributed by atoms with van der Waals surface area (Å²) < 4.78 is 2.30. The van der Waals surface area contributed by atoms with E-state index in [4.69, 9.17) is 0 Å². The van der Waals surface area contributed by atoms with Crippen molar-refractivity contribution in [2.75, 3.05) is 19.6 Å². The molecule has 0 radical (unpaired) electrons. The summed E-state index contributed by atoms with van der Waals surface area (Å²) in [5.41, 5.74) is 0. The molecule has 1 fully saturated rings. The molecule has 0 aromatic carbocycles. The fourth-order valence-electron chi connectivity index (χ4n) is 2.12. The number of carbonyl (C=O) groups excluding carboxylic acids is 1. The van der Waals surface area contributed by atoms with Crippen LogP contribution in [0.25, 0.3) is 5.78 Å². The SMILES string of the molecule is C[C@@H]1CNCCN1C(=O)c1nc2ncc(Br)cn2n1.Cl. The average molecular weight is 362 g/mol. The van der Waals surface area contributed by atoms with Gasteiger partial charge >= 0.3 is 0 Å². The van der Waals surface area contributed by atoms with Crippen LogP contribution < -0.4 is 5.32 Å². The Bertz CT molecular complexity index is 632. The highest BCUT2D eigenvalue weighted by Crippen LogP contribution is 2.11. The van der Waals surface area contributed by atoms with Crippen molar-refractivity contribution in [3.8, 4) is 0 Å². The molecule has 1 aliphatic rings. The molecule has 1 aliphatic heterocycles. The van der Waals surface area contributed by atoms with Crippen molar-refractivity contribution in [1.82, 2.24) is 29.8 Å². The Morgan fingerprint density at radius 1 is 1.55 bits per heavy atom. The maximum atomic E-state index is 12.4. The summed E-state index contributed by atoms with van der Waals surface area (Å²) in [6, 6.07) is 0.146. The first kappa shape index (κ1) is 15.1. The molecule has 3 heterocycles. The number of nitrogens with zero attached hydrogens (tertiary/aromatic N) is 5. The standard InChI is InChI=1S/C11H13BrN6O.ClH/c1-7-4-13-2-3-17(7)10(19)9-15-11-14-5-8(12)6-18(11)16-9;/h5-7,13H,2-4H2,1H3;1H/t7-;/m1./s1. The predicted octanol–water partition coefficient (Wildman–Crippen LogP) is 0.742. The van der Waals surface area contributed by atoms with Gasteiger partial charge in [0.1, 0.15) is 0 Å². The molecule has 3 rings (SSSR count). The van der Waals surface area contributed by atoms with Crippen molar-refractivity contribution in [3.63, 3.8) is 0 Å². The third-order valence-electron chi connectivity index (χ3n) is 3.12. The van der Waals surface area contributed by atoms with Crippen molar-refractivity contribution >= 4 is 40.0 Å². The topological polar surface area (TPSA) is 75.4 Å². The first-order chi connectivity index (χ1) is 9.15. The molecule has 1 atom stereocenters. The monoisotopic (exact) mass is 360 g/mol. The van der Waals surface area contributed by atoms with E-state index in [1.165, 1.54) is 4.52 Å². The predicted molar refractivity (Wildman–Crippen MR) is 79.1 cm³/mol. The molecule has 0 spiro atoms. The van der Waals surface area contributed by atoms with E-state index >= 15 is 0 Å². The van der Waals surface area contributed by atoms with E-state index < -0.39 is 0 Å². The van der Waals surface area contributed by atoms with Crippen molar-refractivity contribution in [1.29, 1.82) is 0 Å². The summed E-state index contributed by atoms with van der Waals surface area (Å²) >= 11 is 3.31. The first-order valence-corrected chi connectivity index (χ1v) is 6.84. The third-order valence-corrected chi connectivity index (χ3v) is 3.53. The normalized spacial score (nSPS) is 18.9. The number of carbonyl (C=O) groups is 1. The summed E-state index contributed by atoms with van der Waals surface area (Å²) in [7, 11) is 0. The molecule has 9 heteroatoms. The second kappa shape index (κ2) is 6.02. The molecule has 2 aromatic heterocycles. The second-order valence-corrected chi connectivity index (χ2v) is 5.42. The van der Waals surface area contributed by atoms with E-state index in [1.807, 2.05) is 6.92 Å². The van der Waals surface area contributed by atoms with Crippen molar-refractivity contribution < 1.29 is 4.79 Å². The molecule has 108 valence electrons. The summed E-state index contributed by atoms with van der Waals surface area (Å²) in [6.07, 6.45) is 3.36. The Balaban J connectivity index is 0.00000147. The van der Waals surface area contributed by atoms with Crippen molar-refractivity contribution in [2.24, 2.45) is 0 Å². The molecule has 0 aliphatic carbocycles. The fraction of sp³-hybridized carbons (Fsp3) is 0.455. The molecular weight excluding hydrogens is 348 g/mol. The van der Waals surface area contributed by atoms with Gasteiger partial charge in [-0.05, 0) is 22.9 Å². The van der Waals surface area contributed by atoms with Gasteiger partial charge in [-0.15, -0.1) is 17.5 Å². The number of aromatic nitrogens is 4. The lowest BCUT2D eigenvalue weighted by Gasteiger charge is -2.33. The maximum absolute atomic E-state index is 12.4. The quantitative estimate of drug-likeness (QED) is 0.811. The van der Waals surface area contributed by atoms with Crippen LogP contribution in [-0.2, 0) is 0 Å². The number of rotatable bonds is 1. The molecule has 0 bridgehead atoms. The zero-order chi connectivity index (χ0) is 13.4. The molecule has 0 unspecified atom stereocenters. The number of piperazine rings is 1. The number of hydrogen-bond donors (Lipinski definition) is 1. The molecule has 0 saturated carbocycles. The maximum Gasteiger partial charge on any atom is 0.293 e. The van der Waals surface area contributed by atoms with Gasteiger partial charge in [0.15, 0.2) is 0 Å². The number of halogens is 2. The number of hydrogen-bond acceptors (Lipinski definition) is 5. The lowest BCUT2D eigenvalue weighted by atomic mass is 10.2. The van der Waals surface area contributed by atoms with Gasteiger partial charge in [-0.1, -0.05) is 0 Å². The van der Waals surface area contributed by atoms with Crippen LogP contribution in [-0.4, -0.2) is 56.1 Å². The van der Waals surface area contributed by atoms with Crippen molar-refractivity contribution in [2.45, 2.75) is 13.0 Å². The fourth-order valence-corrected chi connectivity index (χ4v) is 2.42. The van der Waals surface area contributed by atoms with E-state index in [-0.39, 0.29) is 30.2 Å². The van der Waals surface area contributed by atoms with Crippen LogP contribution in [0.3, 0.4) is 0 Å². The number of nitrogens with one attached hydrogen (secondary N) is 1. The minimum absolute atomic E-state index is 0. The van der Waals surface area contributed by atoms with Crippen LogP contribution in [0.2, 0.25) is 0 Å². The first-order valence-electron chi connectivity index (χ1n) is 6.05. The molecule has 2 aromatic rings. The Hall–Kier alpha value is -1.25. The summed E-state index contributed by atoms with van der Waals surface area (Å²) in [5, 5.41) is 7.43. The lowest BCUT2D eigenvalue weighted by Crippen LogP contribution is -2.52. The average Bonchev–Trinajstić information content (AvgIpc) is 2.81. The van der Waals surface area contributed by atoms with Crippen LogP contribution in [0, 0.1) is 0 Å². The lowest BCUT2D eigenvalue weighted by molar-refractivity contribution is 0.0643. The number of amides is 1. The van der Waals surface area contributed by atoms with Gasteiger partial charge < -0.3 is 10.2 Å². The van der Waals surface area contributed by atoms with E-state index in [0.717, 1.165) is 17.6 Å². The Morgan fingerprint density at radius 2 is 2.35 bits per heavy atom. The molecule has 1 saturated heterocycles. The van der Waals surface area contributed by atoms with Gasteiger partial charge in [0.2, 0.25) is 5.82 Å². The van der Waals surface area contributed by atoms with Crippen LogP contribution in [0.1, 0.15) is 17.5 Å². The molecule has 7 nitrogen and oxygen atoms in total. The number of fused-ring (bicyclic) bond motifs is 1. The highest BCUT2D eigenvalue weighted by molar-refractivity contribution is 9.10. The smallest absolute Gasteiger partial charge is 0.293 e. The highest BCUT2D eigenvalue weighted by Gasteiger charge is 2.27. The van der Waals surface area contributed by atoms with Gasteiger partial charge in [-0.3, -0.25) is 4.79 Å². The second-order valence-electron chi connectivity index (χ2n) is 4.50. The van der Waals surface area contributed by atoms with Crippen LogP contribution in [0.4, 0.5) is 0 Å². The Morgan fingerprint density at radius 3 is 3.10 bits per heavy atom. The van der Waals surface area contributed by atoms with Gasteiger partial charge in [0.05, 0.1) is 4.47 Å². The van der Waals surface area contributed by atoms with Gasteiger partial charge in [-0.25, -0.2) is 9.50 Å². The van der Waals surface area contributed by atoms with Crippen LogP contribution in [0.15, 0.2) is 16.9 Å². The van der Waals surface area contributed by atoms with Gasteiger partial charge in [0, 0.05) is 38.1 Å². The van der Waals surface area contributed by atoms with E-state index in [9.17, 15) is 4.79 Å². The summed E-state index contributed by atoms with van der Waals surface area (Å²) in [6.45, 7) is 4.28. The largest absolute Gasteiger partial charge is 0.331 e. The Labute approximate surface area is 130 Å². The van der Waals surface area contributed by atoms with Crippen molar-refractivity contribution in [3.05, 3.63) is 22.7 Å². The molecule has 20 heavy (non-hydrogen) atoms. The van der Waals surface area contributed by atoms with E-state index in [0.29, 0.717) is 12.3 Å². The summed E-state index contributed by atoms with van der Waals surface area (Å²) in [4.78, 5) is 22.5. The zero-order valence-electron chi connectivity index (χ0n) is 10.8. The molecular formula is C11H14BrClN6O. The molecule has 1 amide bonds. The minimum Gasteiger partial charge on any atom is -0.331 e. The minimum atomic E-state index is -0.143. The Kier molecular flexibility index (Phi) is 4.56. The van der Waals surface area contributed by atoms with Crippen LogP contribution in [0.5, 0.6) is 0 Å². The van der Waals surface area contributed by atoms with E-state index in [1.54, 1.807) is 17.3 Å². The highest BCUT2D eigenvalue weighted by atomic mass is 79.9. The van der Waals surface area contributed by atoms with Gasteiger partial charge in [-0.2, -0.15) is 4.98 Å². The summed E-state index contributed by atoms with van der Waals surface area (Å²) in [5.74, 6) is 0.476. The third kappa shape index (κ3) is 2.77. The van der Waals surface area contributed by atoms with E-state index in [2.05, 4.69) is 36.3 Å².